The highest BCUT2D eigenvalue weighted by atomic mass is 35.5. The summed E-state index contributed by atoms with van der Waals surface area (Å²) >= 11 is 0. The van der Waals surface area contributed by atoms with Crippen LogP contribution in [-0.4, -0.2) is 30.8 Å². The number of aromatic nitrogens is 1. The molecule has 1 saturated carbocycles. The lowest BCUT2D eigenvalue weighted by molar-refractivity contribution is 0.225. The summed E-state index contributed by atoms with van der Waals surface area (Å²) in [6.45, 7) is 4.64. The summed E-state index contributed by atoms with van der Waals surface area (Å²) in [5.41, 5.74) is 8.18. The van der Waals surface area contributed by atoms with Gasteiger partial charge in [0.05, 0.1) is 13.2 Å². The Bertz CT molecular complexity index is 734. The average molecular weight is 390 g/mol. The molecule has 1 aromatic carbocycles. The lowest BCUT2D eigenvalue weighted by Crippen LogP contribution is -2.24. The fourth-order valence-corrected chi connectivity index (χ4v) is 3.26. The van der Waals surface area contributed by atoms with Gasteiger partial charge in [-0.3, -0.25) is 0 Å². The van der Waals surface area contributed by atoms with Crippen molar-refractivity contribution in [2.24, 2.45) is 11.7 Å². The molecular weight excluding hydrogens is 362 g/mol. The molecule has 0 unspecified atom stereocenters. The number of hydrogen-bond donors (Lipinski definition) is 1. The maximum absolute atomic E-state index is 6.15. The van der Waals surface area contributed by atoms with Gasteiger partial charge in [-0.1, -0.05) is 12.1 Å². The number of nitrogens with zero attached hydrogens (tertiary/aromatic N) is 2. The van der Waals surface area contributed by atoms with Crippen LogP contribution in [0.4, 0.5) is 5.69 Å². The Morgan fingerprint density at radius 2 is 1.96 bits per heavy atom. The third-order valence-electron chi connectivity index (χ3n) is 5.10. The van der Waals surface area contributed by atoms with Crippen LogP contribution in [0.1, 0.15) is 37.8 Å². The first-order valence-electron chi connectivity index (χ1n) is 9.53. The number of pyridine rings is 1. The second-order valence-corrected chi connectivity index (χ2v) is 7.44. The zero-order chi connectivity index (χ0) is 17.9. The number of nitrogens with two attached hydrogens (primary N) is 1. The molecule has 27 heavy (non-hydrogen) atoms. The van der Waals surface area contributed by atoms with Crippen LogP contribution in [0.3, 0.4) is 0 Å². The summed E-state index contributed by atoms with van der Waals surface area (Å²) in [5.74, 6) is 2.37. The van der Waals surface area contributed by atoms with Crippen LogP contribution in [0.5, 0.6) is 11.6 Å². The van der Waals surface area contributed by atoms with Gasteiger partial charge in [-0.2, -0.15) is 0 Å². The van der Waals surface area contributed by atoms with Crippen molar-refractivity contribution < 1.29 is 9.47 Å². The zero-order valence-electron chi connectivity index (χ0n) is 15.7. The number of halogens is 1. The Labute approximate surface area is 167 Å². The Kier molecular flexibility index (Phi) is 6.45. The van der Waals surface area contributed by atoms with Crippen molar-refractivity contribution >= 4 is 18.1 Å². The van der Waals surface area contributed by atoms with Gasteiger partial charge in [-0.05, 0) is 49.4 Å². The Morgan fingerprint density at radius 3 is 2.67 bits per heavy atom. The molecule has 1 saturated heterocycles. The second kappa shape index (κ2) is 8.81. The van der Waals surface area contributed by atoms with Crippen molar-refractivity contribution in [1.29, 1.82) is 0 Å². The highest BCUT2D eigenvalue weighted by molar-refractivity contribution is 5.85. The van der Waals surface area contributed by atoms with Gasteiger partial charge in [0, 0.05) is 37.0 Å². The summed E-state index contributed by atoms with van der Waals surface area (Å²) in [7, 11) is 0. The number of benzene rings is 1. The van der Waals surface area contributed by atoms with Gasteiger partial charge in [0.15, 0.2) is 0 Å². The summed E-state index contributed by atoms with van der Waals surface area (Å²) in [5, 5.41) is 0. The molecule has 0 bridgehead atoms. The van der Waals surface area contributed by atoms with Crippen molar-refractivity contribution in [3.63, 3.8) is 0 Å². The molecule has 146 valence electrons. The first-order valence-corrected chi connectivity index (χ1v) is 9.53. The molecule has 4 rings (SSSR count). The van der Waals surface area contributed by atoms with Crippen LogP contribution in [0, 0.1) is 5.92 Å². The van der Waals surface area contributed by atoms with Gasteiger partial charge in [0.25, 0.3) is 0 Å². The van der Waals surface area contributed by atoms with Gasteiger partial charge < -0.3 is 20.1 Å². The van der Waals surface area contributed by atoms with E-state index in [0.717, 1.165) is 54.9 Å². The Balaban J connectivity index is 0.00000210. The highest BCUT2D eigenvalue weighted by Crippen LogP contribution is 2.30. The monoisotopic (exact) mass is 389 g/mol. The Hall–Kier alpha value is -1.98. The molecule has 1 aromatic heterocycles. The maximum Gasteiger partial charge on any atom is 0.215 e. The van der Waals surface area contributed by atoms with Gasteiger partial charge >= 0.3 is 0 Å². The van der Waals surface area contributed by atoms with Crippen LogP contribution in [-0.2, 0) is 0 Å². The van der Waals surface area contributed by atoms with Gasteiger partial charge in [0.1, 0.15) is 11.9 Å². The predicted molar refractivity (Wildman–Crippen MR) is 110 cm³/mol. The van der Waals surface area contributed by atoms with E-state index in [9.17, 15) is 0 Å². The number of anilines is 1. The van der Waals surface area contributed by atoms with E-state index in [-0.39, 0.29) is 24.6 Å². The van der Waals surface area contributed by atoms with E-state index in [2.05, 4.69) is 9.88 Å². The molecule has 1 aliphatic heterocycles. The lowest BCUT2D eigenvalue weighted by atomic mass is 10.1. The molecule has 2 aliphatic rings. The molecule has 2 fully saturated rings. The summed E-state index contributed by atoms with van der Waals surface area (Å²) in [6.07, 6.45) is 5.61. The third-order valence-corrected chi connectivity index (χ3v) is 5.10. The van der Waals surface area contributed by atoms with Crippen LogP contribution in [0.2, 0.25) is 0 Å². The van der Waals surface area contributed by atoms with Crippen LogP contribution >= 0.6 is 12.4 Å². The first kappa shape index (κ1) is 19.8. The number of hydrogen-bond acceptors (Lipinski definition) is 5. The highest BCUT2D eigenvalue weighted by Gasteiger charge is 2.25. The van der Waals surface area contributed by atoms with E-state index in [1.807, 2.05) is 49.5 Å². The molecular formula is C21H28ClN3O2. The molecule has 0 amide bonds. The quantitative estimate of drug-likeness (QED) is 0.776. The van der Waals surface area contributed by atoms with Crippen molar-refractivity contribution in [3.8, 4) is 11.6 Å². The van der Waals surface area contributed by atoms with E-state index in [0.29, 0.717) is 0 Å². The topological polar surface area (TPSA) is 60.6 Å². The fraction of sp³-hybridized carbons (Fsp3) is 0.476. The lowest BCUT2D eigenvalue weighted by Gasteiger charge is -2.19. The molecule has 2 heterocycles. The van der Waals surface area contributed by atoms with Gasteiger partial charge in [-0.15, -0.1) is 12.4 Å². The zero-order valence-corrected chi connectivity index (χ0v) is 16.5. The largest absolute Gasteiger partial charge is 0.489 e. The van der Waals surface area contributed by atoms with Crippen LogP contribution in [0.25, 0.3) is 0 Å². The normalized spacial score (nSPS) is 20.1. The van der Waals surface area contributed by atoms with Crippen LogP contribution < -0.4 is 20.1 Å². The number of ether oxygens (including phenoxy) is 2. The van der Waals surface area contributed by atoms with E-state index in [1.165, 1.54) is 12.8 Å². The Morgan fingerprint density at radius 1 is 1.19 bits per heavy atom. The minimum absolute atomic E-state index is 0. The SMILES string of the molecule is C[C@H](N)c1ccc(O[C@@H]2CCN(c3ccnc(OCC4CC4)c3)C2)cc1.Cl. The van der Waals surface area contributed by atoms with Crippen molar-refractivity contribution in [3.05, 3.63) is 48.2 Å². The molecule has 0 spiro atoms. The van der Waals surface area contributed by atoms with Gasteiger partial charge in [-0.25, -0.2) is 4.98 Å². The van der Waals surface area contributed by atoms with Gasteiger partial charge in [0.2, 0.25) is 5.88 Å². The number of rotatable bonds is 7. The predicted octanol–water partition coefficient (Wildman–Crippen LogP) is 3.97. The van der Waals surface area contributed by atoms with Crippen molar-refractivity contribution in [2.45, 2.75) is 38.3 Å². The van der Waals surface area contributed by atoms with E-state index in [1.54, 1.807) is 0 Å². The minimum atomic E-state index is 0. The molecule has 2 atom stereocenters. The molecule has 2 aromatic rings. The third kappa shape index (κ3) is 5.27. The minimum Gasteiger partial charge on any atom is -0.489 e. The molecule has 1 aliphatic carbocycles. The molecule has 2 N–H and O–H groups in total. The summed E-state index contributed by atoms with van der Waals surface area (Å²) in [6, 6.07) is 12.2. The molecule has 5 nitrogen and oxygen atoms in total. The maximum atomic E-state index is 6.15. The molecule has 0 radical (unpaired) electrons. The van der Waals surface area contributed by atoms with Crippen LogP contribution in [0.15, 0.2) is 42.6 Å². The molecule has 6 heteroatoms. The second-order valence-electron chi connectivity index (χ2n) is 7.44. The standard InChI is InChI=1S/C21H27N3O2.ClH/c1-15(22)17-4-6-19(7-5-17)26-20-9-11-24(13-20)18-8-10-23-21(12-18)25-14-16-2-3-16;/h4-8,10,12,15-16,20H,2-3,9,11,13-14,22H2,1H3;1H/t15-,20+;/m0./s1. The van der Waals surface area contributed by atoms with Crippen molar-refractivity contribution in [2.75, 3.05) is 24.6 Å². The smallest absolute Gasteiger partial charge is 0.215 e. The first-order chi connectivity index (χ1) is 12.7. The van der Waals surface area contributed by atoms with E-state index < -0.39 is 0 Å². The summed E-state index contributed by atoms with van der Waals surface area (Å²) in [4.78, 5) is 6.67. The summed E-state index contributed by atoms with van der Waals surface area (Å²) < 4.78 is 12.0. The van der Waals surface area contributed by atoms with Crippen molar-refractivity contribution in [1.82, 2.24) is 4.98 Å². The fourth-order valence-electron chi connectivity index (χ4n) is 3.26. The van der Waals surface area contributed by atoms with E-state index >= 15 is 0 Å². The van der Waals surface area contributed by atoms with E-state index in [4.69, 9.17) is 15.2 Å². The average Bonchev–Trinajstić information content (AvgIpc) is 3.38.